The van der Waals surface area contributed by atoms with Crippen LogP contribution in [0, 0.1) is 0 Å². The summed E-state index contributed by atoms with van der Waals surface area (Å²) in [4.78, 5) is 11.2. The summed E-state index contributed by atoms with van der Waals surface area (Å²) >= 11 is 0. The van der Waals surface area contributed by atoms with Crippen LogP contribution in [0.2, 0.25) is 0 Å². The molecule has 0 radical (unpaired) electrons. The molecule has 1 saturated heterocycles. The third-order valence-corrected chi connectivity index (χ3v) is 3.14. The Morgan fingerprint density at radius 3 is 3.31 bits per heavy atom. The summed E-state index contributed by atoms with van der Waals surface area (Å²) in [5, 5.41) is 3.27. The first-order valence-corrected chi connectivity index (χ1v) is 5.68. The van der Waals surface area contributed by atoms with Crippen LogP contribution in [-0.2, 0) is 17.8 Å². The van der Waals surface area contributed by atoms with Crippen molar-refractivity contribution in [2.45, 2.75) is 19.2 Å². The molecule has 1 aromatic rings. The van der Waals surface area contributed by atoms with Crippen molar-refractivity contribution in [3.05, 3.63) is 23.3 Å². The van der Waals surface area contributed by atoms with Crippen LogP contribution in [0.4, 0.5) is 0 Å². The van der Waals surface area contributed by atoms with Gasteiger partial charge in [-0.2, -0.15) is 0 Å². The smallest absolute Gasteiger partial charge is 0.158 e. The molecule has 3 rings (SSSR count). The Bertz CT molecular complexity index is 396. The molecular weight excluding hydrogens is 204 g/mol. The molecule has 0 saturated carbocycles. The predicted molar refractivity (Wildman–Crippen MR) is 58.8 cm³/mol. The summed E-state index contributed by atoms with van der Waals surface area (Å²) in [5.41, 5.74) is 2.34. The summed E-state index contributed by atoms with van der Waals surface area (Å²) < 4.78 is 5.71. The summed E-state index contributed by atoms with van der Waals surface area (Å²) in [7, 11) is 2.10. The molecule has 0 bridgehead atoms. The van der Waals surface area contributed by atoms with Gasteiger partial charge < -0.3 is 15.0 Å². The van der Waals surface area contributed by atoms with Gasteiger partial charge in [0.25, 0.3) is 0 Å². The Balaban J connectivity index is 1.83. The molecule has 1 unspecified atom stereocenters. The van der Waals surface area contributed by atoms with E-state index in [1.807, 2.05) is 6.20 Å². The Labute approximate surface area is 94.8 Å². The van der Waals surface area contributed by atoms with Crippen LogP contribution >= 0.6 is 0 Å². The molecule has 16 heavy (non-hydrogen) atoms. The highest BCUT2D eigenvalue weighted by molar-refractivity contribution is 5.21. The largest absolute Gasteiger partial charge is 0.368 e. The first-order valence-electron chi connectivity index (χ1n) is 5.68. The van der Waals surface area contributed by atoms with Crippen LogP contribution < -0.4 is 5.32 Å². The first-order chi connectivity index (χ1) is 7.83. The van der Waals surface area contributed by atoms with Crippen LogP contribution in [0.3, 0.4) is 0 Å². The van der Waals surface area contributed by atoms with Crippen molar-refractivity contribution < 1.29 is 4.74 Å². The standard InChI is InChI=1S/C11H16N4O/c1-15-2-3-16-10(7-15)11-13-5-8-4-12-6-9(8)14-11/h5,10,12H,2-4,6-7H2,1H3. The lowest BCUT2D eigenvalue weighted by molar-refractivity contribution is -0.0255. The van der Waals surface area contributed by atoms with Gasteiger partial charge in [0.05, 0.1) is 12.3 Å². The first kappa shape index (κ1) is 10.1. The molecule has 0 amide bonds. The normalized spacial score (nSPS) is 25.7. The molecule has 86 valence electrons. The van der Waals surface area contributed by atoms with Gasteiger partial charge in [0.15, 0.2) is 5.82 Å². The number of nitrogens with zero attached hydrogens (tertiary/aromatic N) is 3. The van der Waals surface area contributed by atoms with Crippen LogP contribution in [0.15, 0.2) is 6.20 Å². The van der Waals surface area contributed by atoms with Crippen molar-refractivity contribution in [3.8, 4) is 0 Å². The number of hydrogen-bond donors (Lipinski definition) is 1. The average molecular weight is 220 g/mol. The summed E-state index contributed by atoms with van der Waals surface area (Å²) in [5.74, 6) is 0.828. The third kappa shape index (κ3) is 1.81. The fraction of sp³-hybridized carbons (Fsp3) is 0.636. The topological polar surface area (TPSA) is 50.3 Å². The van der Waals surface area contributed by atoms with Crippen molar-refractivity contribution in [2.24, 2.45) is 0 Å². The molecule has 0 aromatic carbocycles. The highest BCUT2D eigenvalue weighted by atomic mass is 16.5. The minimum Gasteiger partial charge on any atom is -0.368 e. The molecular formula is C11H16N4O. The van der Waals surface area contributed by atoms with E-state index in [4.69, 9.17) is 4.74 Å². The molecule has 1 fully saturated rings. The van der Waals surface area contributed by atoms with Gasteiger partial charge in [0.2, 0.25) is 0 Å². The zero-order valence-electron chi connectivity index (χ0n) is 9.44. The maximum Gasteiger partial charge on any atom is 0.158 e. The zero-order valence-corrected chi connectivity index (χ0v) is 9.44. The third-order valence-electron chi connectivity index (χ3n) is 3.14. The number of hydrogen-bond acceptors (Lipinski definition) is 5. The maximum atomic E-state index is 5.71. The highest BCUT2D eigenvalue weighted by Gasteiger charge is 2.23. The number of fused-ring (bicyclic) bond motifs is 1. The zero-order chi connectivity index (χ0) is 11.0. The lowest BCUT2D eigenvalue weighted by atomic mass is 10.2. The van der Waals surface area contributed by atoms with Gasteiger partial charge in [-0.1, -0.05) is 0 Å². The van der Waals surface area contributed by atoms with E-state index in [0.29, 0.717) is 0 Å². The number of likely N-dealkylation sites (N-methyl/N-ethyl adjacent to an activating group) is 1. The quantitative estimate of drug-likeness (QED) is 0.726. The predicted octanol–water partition coefficient (Wildman–Crippen LogP) is 0.0829. The second-order valence-electron chi connectivity index (χ2n) is 4.43. The number of aromatic nitrogens is 2. The molecule has 2 aliphatic heterocycles. The van der Waals surface area contributed by atoms with E-state index in [-0.39, 0.29) is 6.10 Å². The van der Waals surface area contributed by atoms with E-state index < -0.39 is 0 Å². The SMILES string of the molecule is CN1CCOC(c2ncc3c(n2)CNC3)C1. The van der Waals surface area contributed by atoms with Gasteiger partial charge in [-0.15, -0.1) is 0 Å². The van der Waals surface area contributed by atoms with Crippen LogP contribution in [-0.4, -0.2) is 41.6 Å². The second kappa shape index (κ2) is 4.08. The van der Waals surface area contributed by atoms with E-state index in [0.717, 1.165) is 44.3 Å². The van der Waals surface area contributed by atoms with Crippen molar-refractivity contribution in [1.29, 1.82) is 0 Å². The van der Waals surface area contributed by atoms with Crippen molar-refractivity contribution in [3.63, 3.8) is 0 Å². The van der Waals surface area contributed by atoms with Crippen molar-refractivity contribution >= 4 is 0 Å². The van der Waals surface area contributed by atoms with Crippen LogP contribution in [0.1, 0.15) is 23.2 Å². The van der Waals surface area contributed by atoms with Crippen molar-refractivity contribution in [2.75, 3.05) is 26.7 Å². The maximum absolute atomic E-state index is 5.71. The number of rotatable bonds is 1. The molecule has 3 heterocycles. The van der Waals surface area contributed by atoms with Crippen LogP contribution in [0.25, 0.3) is 0 Å². The minimum atomic E-state index is 0.0321. The fourth-order valence-electron chi connectivity index (χ4n) is 2.16. The van der Waals surface area contributed by atoms with Gasteiger partial charge in [-0.05, 0) is 7.05 Å². The number of nitrogens with one attached hydrogen (secondary N) is 1. The molecule has 1 aromatic heterocycles. The second-order valence-corrected chi connectivity index (χ2v) is 4.43. The fourth-order valence-corrected chi connectivity index (χ4v) is 2.16. The number of morpholine rings is 1. The lowest BCUT2D eigenvalue weighted by Crippen LogP contribution is -2.36. The van der Waals surface area contributed by atoms with Crippen LogP contribution in [0.5, 0.6) is 0 Å². The minimum absolute atomic E-state index is 0.0321. The van der Waals surface area contributed by atoms with Gasteiger partial charge in [0, 0.05) is 37.9 Å². The Kier molecular flexibility index (Phi) is 2.59. The molecule has 1 atom stereocenters. The van der Waals surface area contributed by atoms with E-state index in [1.54, 1.807) is 0 Å². The van der Waals surface area contributed by atoms with E-state index >= 15 is 0 Å². The Hall–Kier alpha value is -1.04. The average Bonchev–Trinajstić information content (AvgIpc) is 2.75. The van der Waals surface area contributed by atoms with Gasteiger partial charge >= 0.3 is 0 Å². The van der Waals surface area contributed by atoms with E-state index in [1.165, 1.54) is 5.56 Å². The van der Waals surface area contributed by atoms with Gasteiger partial charge in [-0.3, -0.25) is 0 Å². The Morgan fingerprint density at radius 2 is 2.44 bits per heavy atom. The molecule has 5 nitrogen and oxygen atoms in total. The summed E-state index contributed by atoms with van der Waals surface area (Å²) in [6.45, 7) is 4.38. The Morgan fingerprint density at radius 1 is 1.50 bits per heavy atom. The molecule has 2 aliphatic rings. The lowest BCUT2D eigenvalue weighted by Gasteiger charge is -2.29. The summed E-state index contributed by atoms with van der Waals surface area (Å²) in [6.07, 6.45) is 1.96. The van der Waals surface area contributed by atoms with Gasteiger partial charge in [0.1, 0.15) is 6.10 Å². The molecule has 0 aliphatic carbocycles. The van der Waals surface area contributed by atoms with Crippen molar-refractivity contribution in [1.82, 2.24) is 20.2 Å². The monoisotopic (exact) mass is 220 g/mol. The number of ether oxygens (including phenoxy) is 1. The molecule has 1 N–H and O–H groups in total. The molecule has 5 heteroatoms. The molecule has 0 spiro atoms. The van der Waals surface area contributed by atoms with E-state index in [2.05, 4.69) is 27.2 Å². The highest BCUT2D eigenvalue weighted by Crippen LogP contribution is 2.20. The van der Waals surface area contributed by atoms with Gasteiger partial charge in [-0.25, -0.2) is 9.97 Å². The van der Waals surface area contributed by atoms with E-state index in [9.17, 15) is 0 Å². The summed E-state index contributed by atoms with van der Waals surface area (Å²) in [6, 6.07) is 0.